The van der Waals surface area contributed by atoms with E-state index in [1.54, 1.807) is 38.1 Å². The molecule has 1 fully saturated rings. The maximum absolute atomic E-state index is 12.8. The highest BCUT2D eigenvalue weighted by atomic mass is 16.2. The third kappa shape index (κ3) is 10.9. The van der Waals surface area contributed by atoms with E-state index in [4.69, 9.17) is 0 Å². The summed E-state index contributed by atoms with van der Waals surface area (Å²) in [5, 5.41) is 11.1. The van der Waals surface area contributed by atoms with E-state index in [-0.39, 0.29) is 24.2 Å². The molecule has 1 heterocycles. The molecule has 3 rings (SSSR count). The number of fused-ring (bicyclic) bond motifs is 1. The van der Waals surface area contributed by atoms with Gasteiger partial charge in [-0.3, -0.25) is 29.0 Å². The Kier molecular flexibility index (Phi) is 13.4. The molecule has 0 bridgehead atoms. The number of benzene rings is 1. The van der Waals surface area contributed by atoms with Crippen LogP contribution in [-0.4, -0.2) is 59.1 Å². The average Bonchev–Trinajstić information content (AvgIpc) is 2.93. The lowest BCUT2D eigenvalue weighted by Gasteiger charge is -2.26. The normalized spacial score (nSPS) is 14.8. The summed E-state index contributed by atoms with van der Waals surface area (Å²) in [5.41, 5.74) is 1.04. The average molecular weight is 576 g/mol. The lowest BCUT2D eigenvalue weighted by Crippen LogP contribution is -2.56. The largest absolute Gasteiger partial charge is 0.347 e. The summed E-state index contributed by atoms with van der Waals surface area (Å²) < 4.78 is 0. The molecular weight excluding hydrogens is 522 g/mol. The van der Waals surface area contributed by atoms with Crippen molar-refractivity contribution in [1.29, 1.82) is 0 Å². The van der Waals surface area contributed by atoms with Crippen LogP contribution in [0.1, 0.15) is 89.7 Å². The van der Waals surface area contributed by atoms with Gasteiger partial charge >= 0.3 is 0 Å². The van der Waals surface area contributed by atoms with E-state index < -0.39 is 41.5 Å². The summed E-state index contributed by atoms with van der Waals surface area (Å²) in [6, 6.07) is 6.71. The molecule has 1 aromatic carbocycles. The van der Waals surface area contributed by atoms with Gasteiger partial charge in [-0.05, 0) is 43.7 Å². The molecule has 0 saturated heterocycles. The smallest absolute Gasteiger partial charge is 0.289 e. The number of carbonyl (C=O) groups excluding carboxylic acids is 5. The van der Waals surface area contributed by atoms with E-state index in [2.05, 4.69) is 47.0 Å². The van der Waals surface area contributed by atoms with Gasteiger partial charge in [0.15, 0.2) is 0 Å². The number of aromatic nitrogens is 1. The fraction of sp³-hybridized carbons (Fsp3) is 0.548. The Bertz CT molecular complexity index is 1220. The molecule has 10 nitrogen and oxygen atoms in total. The van der Waals surface area contributed by atoms with Gasteiger partial charge in [-0.25, -0.2) is 0 Å². The van der Waals surface area contributed by atoms with Crippen LogP contribution < -0.4 is 21.3 Å². The standard InChI is InChI=1S/C27H35N5O5.C4H10.4H2/c1-16(2)23(24(34)27(37)31-18-9-5-4-6-10-18)32-25(35)17(3)30-22(33)15-29-26(36)20-13-14-28-21-12-8-7-11-19(20)21;1-4(2)3;;;;/h7-8,11-14,16-18,23H,4-6,9-10,15H2,1-3H3,(H,29,36)(H,30,33)(H,31,37)(H,32,35);4H,1-3H3;4*1H/t17-,23-;;;;;/m0...../s1. The highest BCUT2D eigenvalue weighted by Gasteiger charge is 2.32. The molecule has 4 N–H and O–H groups in total. The minimum absolute atomic E-state index is 0. The van der Waals surface area contributed by atoms with Crippen LogP contribution in [0.5, 0.6) is 0 Å². The predicted octanol–water partition coefficient (Wildman–Crippen LogP) is 4.27. The first kappa shape index (κ1) is 33.4. The van der Waals surface area contributed by atoms with E-state index in [9.17, 15) is 24.0 Å². The Hall–Kier alpha value is -3.82. The summed E-state index contributed by atoms with van der Waals surface area (Å²) in [5.74, 6) is -2.52. The van der Waals surface area contributed by atoms with Gasteiger partial charge in [0, 0.05) is 23.3 Å². The van der Waals surface area contributed by atoms with Gasteiger partial charge in [0.05, 0.1) is 23.7 Å². The van der Waals surface area contributed by atoms with Gasteiger partial charge in [-0.1, -0.05) is 72.1 Å². The Balaban J connectivity index is -0.00000208. The molecular formula is C31H53N5O5. The molecule has 4 amide bonds. The third-order valence-electron chi connectivity index (χ3n) is 6.49. The molecule has 1 aliphatic carbocycles. The number of hydrogen-bond donors (Lipinski definition) is 4. The van der Waals surface area contributed by atoms with Crippen molar-refractivity contribution >= 4 is 40.3 Å². The number of amides is 4. The molecule has 1 saturated carbocycles. The number of carbonyl (C=O) groups is 5. The zero-order valence-corrected chi connectivity index (χ0v) is 25.1. The molecule has 1 aromatic heterocycles. The summed E-state index contributed by atoms with van der Waals surface area (Å²) in [4.78, 5) is 67.2. The van der Waals surface area contributed by atoms with Crippen molar-refractivity contribution in [3.63, 3.8) is 0 Å². The number of rotatable bonds is 10. The van der Waals surface area contributed by atoms with E-state index in [1.807, 2.05) is 6.07 Å². The number of para-hydroxylation sites is 1. The van der Waals surface area contributed by atoms with E-state index in [1.165, 1.54) is 13.1 Å². The van der Waals surface area contributed by atoms with Crippen LogP contribution in [0.2, 0.25) is 0 Å². The summed E-state index contributed by atoms with van der Waals surface area (Å²) >= 11 is 0. The second-order valence-electron chi connectivity index (χ2n) is 11.5. The maximum atomic E-state index is 12.8. The SMILES string of the molecule is CC(C)C.CC(C)[C@H](NC(=O)[C@H](C)NC(=O)CNC(=O)c1ccnc2ccccc12)C(=O)C(=O)NC1CCCCC1.[HH].[HH].[HH].[HH]. The van der Waals surface area contributed by atoms with Crippen LogP contribution in [-0.2, 0) is 19.2 Å². The quantitative estimate of drug-likeness (QED) is 0.311. The highest BCUT2D eigenvalue weighted by Crippen LogP contribution is 2.18. The van der Waals surface area contributed by atoms with Crippen LogP contribution in [0.3, 0.4) is 0 Å². The fourth-order valence-electron chi connectivity index (χ4n) is 4.37. The van der Waals surface area contributed by atoms with E-state index in [0.717, 1.165) is 38.0 Å². The van der Waals surface area contributed by atoms with Crippen molar-refractivity contribution < 1.29 is 29.7 Å². The zero-order valence-electron chi connectivity index (χ0n) is 25.1. The number of nitrogens with one attached hydrogen (secondary N) is 4. The molecule has 0 spiro atoms. The van der Waals surface area contributed by atoms with Gasteiger partial charge < -0.3 is 21.3 Å². The predicted molar refractivity (Wildman–Crippen MR) is 167 cm³/mol. The van der Waals surface area contributed by atoms with Crippen molar-refractivity contribution in [3.05, 3.63) is 42.1 Å². The lowest BCUT2D eigenvalue weighted by molar-refractivity contribution is -0.141. The summed E-state index contributed by atoms with van der Waals surface area (Å²) in [6.07, 6.45) is 6.36. The Morgan fingerprint density at radius 1 is 0.902 bits per heavy atom. The second-order valence-corrected chi connectivity index (χ2v) is 11.5. The molecule has 0 unspecified atom stereocenters. The van der Waals surface area contributed by atoms with E-state index >= 15 is 0 Å². The molecule has 2 aromatic rings. The fourth-order valence-corrected chi connectivity index (χ4v) is 4.37. The van der Waals surface area contributed by atoms with Crippen LogP contribution >= 0.6 is 0 Å². The zero-order chi connectivity index (χ0) is 30.5. The number of ketones is 1. The monoisotopic (exact) mass is 575 g/mol. The van der Waals surface area contributed by atoms with Gasteiger partial charge in [0.25, 0.3) is 11.8 Å². The molecule has 41 heavy (non-hydrogen) atoms. The number of hydrogen-bond acceptors (Lipinski definition) is 6. The van der Waals surface area contributed by atoms with Crippen LogP contribution in [0, 0.1) is 11.8 Å². The Labute approximate surface area is 248 Å². The van der Waals surface area contributed by atoms with Crippen molar-refractivity contribution in [2.24, 2.45) is 11.8 Å². The number of pyridine rings is 1. The summed E-state index contributed by atoms with van der Waals surface area (Å²) in [7, 11) is 0. The van der Waals surface area contributed by atoms with Gasteiger partial charge in [-0.2, -0.15) is 0 Å². The van der Waals surface area contributed by atoms with Crippen molar-refractivity contribution in [2.45, 2.75) is 91.8 Å². The van der Waals surface area contributed by atoms with Crippen LogP contribution in [0.25, 0.3) is 10.9 Å². The van der Waals surface area contributed by atoms with Gasteiger partial charge in [0.1, 0.15) is 6.04 Å². The van der Waals surface area contributed by atoms with Crippen LogP contribution in [0.4, 0.5) is 0 Å². The second kappa shape index (κ2) is 16.4. The third-order valence-corrected chi connectivity index (χ3v) is 6.49. The highest BCUT2D eigenvalue weighted by molar-refractivity contribution is 6.38. The first-order chi connectivity index (χ1) is 19.4. The van der Waals surface area contributed by atoms with Gasteiger partial charge in [0.2, 0.25) is 17.6 Å². The summed E-state index contributed by atoms with van der Waals surface area (Å²) in [6.45, 7) is 11.1. The minimum atomic E-state index is -1.02. The first-order valence-electron chi connectivity index (χ1n) is 14.5. The minimum Gasteiger partial charge on any atom is -0.347 e. The van der Waals surface area contributed by atoms with Crippen molar-refractivity contribution in [1.82, 2.24) is 26.3 Å². The maximum Gasteiger partial charge on any atom is 0.289 e. The van der Waals surface area contributed by atoms with Crippen molar-refractivity contribution in [3.8, 4) is 0 Å². The molecule has 2 atom stereocenters. The van der Waals surface area contributed by atoms with E-state index in [0.29, 0.717) is 16.5 Å². The molecule has 232 valence electrons. The van der Waals surface area contributed by atoms with Crippen molar-refractivity contribution in [2.75, 3.05) is 6.54 Å². The van der Waals surface area contributed by atoms with Crippen LogP contribution in [0.15, 0.2) is 36.5 Å². The first-order valence-corrected chi connectivity index (χ1v) is 14.5. The van der Waals surface area contributed by atoms with Gasteiger partial charge in [-0.15, -0.1) is 0 Å². The lowest BCUT2D eigenvalue weighted by atomic mass is 9.94. The molecule has 0 aliphatic heterocycles. The molecule has 10 heteroatoms. The number of nitrogens with zero attached hydrogens (tertiary/aromatic N) is 1. The molecule has 0 radical (unpaired) electrons. The number of Topliss-reactive ketones (excluding diaryl/α,β-unsaturated/α-hetero) is 1. The Morgan fingerprint density at radius 2 is 1.54 bits per heavy atom. The topological polar surface area (TPSA) is 146 Å². The molecule has 1 aliphatic rings. The Morgan fingerprint density at radius 3 is 2.17 bits per heavy atom.